The lowest BCUT2D eigenvalue weighted by Gasteiger charge is -2.26. The number of rotatable bonds is 8. The molecule has 0 atom stereocenters. The maximum Gasteiger partial charge on any atom is 0.257 e. The van der Waals surface area contributed by atoms with Gasteiger partial charge in [-0.05, 0) is 32.5 Å². The quantitative estimate of drug-likeness (QED) is 0.641. The Morgan fingerprint density at radius 3 is 2.81 bits per heavy atom. The van der Waals surface area contributed by atoms with E-state index in [-0.39, 0.29) is 5.03 Å². The second-order valence-corrected chi connectivity index (χ2v) is 7.01. The predicted octanol–water partition coefficient (Wildman–Crippen LogP) is 0.283. The molecule has 1 fully saturated rings. The second-order valence-electron chi connectivity index (χ2n) is 5.30. The first-order chi connectivity index (χ1) is 10.1. The Balaban J connectivity index is 1.87. The number of hydrogen-bond acceptors (Lipinski definition) is 5. The minimum atomic E-state index is -3.51. The van der Waals surface area contributed by atoms with Gasteiger partial charge in [-0.15, -0.1) is 0 Å². The molecule has 0 aliphatic carbocycles. The van der Waals surface area contributed by atoms with Gasteiger partial charge in [0.15, 0.2) is 5.03 Å². The van der Waals surface area contributed by atoms with Crippen molar-refractivity contribution in [3.8, 4) is 0 Å². The van der Waals surface area contributed by atoms with Crippen LogP contribution in [0.4, 0.5) is 0 Å². The summed E-state index contributed by atoms with van der Waals surface area (Å²) in [7, 11) is -3.51. The van der Waals surface area contributed by atoms with Gasteiger partial charge in [0.2, 0.25) is 0 Å². The van der Waals surface area contributed by atoms with E-state index in [0.717, 1.165) is 26.2 Å². The van der Waals surface area contributed by atoms with Crippen LogP contribution in [0.2, 0.25) is 0 Å². The number of aromatic nitrogens is 2. The van der Waals surface area contributed by atoms with Crippen LogP contribution in [0.5, 0.6) is 0 Å². The summed E-state index contributed by atoms with van der Waals surface area (Å²) >= 11 is 0. The molecule has 120 valence electrons. The fraction of sp³-hybridized carbons (Fsp3) is 0.769. The topological polar surface area (TPSA) is 90.1 Å². The highest BCUT2D eigenvalue weighted by atomic mass is 32.2. The Kier molecular flexibility index (Phi) is 6.16. The normalized spacial score (nSPS) is 17.2. The van der Waals surface area contributed by atoms with E-state index in [1.807, 2.05) is 6.92 Å². The lowest BCUT2D eigenvalue weighted by atomic mass is 10.1. The fourth-order valence-electron chi connectivity index (χ4n) is 2.51. The van der Waals surface area contributed by atoms with Crippen LogP contribution in [0.1, 0.15) is 31.7 Å². The summed E-state index contributed by atoms with van der Waals surface area (Å²) in [6, 6.07) is 0. The molecule has 0 amide bonds. The van der Waals surface area contributed by atoms with E-state index in [4.69, 9.17) is 0 Å². The zero-order valence-electron chi connectivity index (χ0n) is 12.6. The van der Waals surface area contributed by atoms with Crippen molar-refractivity contribution in [1.82, 2.24) is 25.1 Å². The zero-order valence-corrected chi connectivity index (χ0v) is 13.4. The monoisotopic (exact) mass is 315 g/mol. The number of hydrogen-bond donors (Lipinski definition) is 3. The molecule has 1 aliphatic rings. The minimum Gasteiger partial charge on any atom is -0.313 e. The van der Waals surface area contributed by atoms with E-state index in [9.17, 15) is 8.42 Å². The number of nitrogens with zero attached hydrogens (tertiary/aromatic N) is 2. The average molecular weight is 315 g/mol. The van der Waals surface area contributed by atoms with Crippen molar-refractivity contribution in [2.75, 3.05) is 32.7 Å². The van der Waals surface area contributed by atoms with Crippen LogP contribution in [0.15, 0.2) is 11.2 Å². The van der Waals surface area contributed by atoms with Crippen LogP contribution in [0.3, 0.4) is 0 Å². The van der Waals surface area contributed by atoms with E-state index in [1.165, 1.54) is 19.3 Å². The van der Waals surface area contributed by atoms with Gasteiger partial charge in [0.25, 0.3) is 10.0 Å². The van der Waals surface area contributed by atoms with Gasteiger partial charge >= 0.3 is 0 Å². The first kappa shape index (κ1) is 16.4. The zero-order chi connectivity index (χ0) is 15.1. The molecule has 1 aliphatic heterocycles. The number of aromatic amines is 1. The van der Waals surface area contributed by atoms with Gasteiger partial charge in [0, 0.05) is 25.2 Å². The summed E-state index contributed by atoms with van der Waals surface area (Å²) in [5.74, 6) is 0. The second kappa shape index (κ2) is 7.88. The lowest BCUT2D eigenvalue weighted by molar-refractivity contribution is 0.232. The maximum atomic E-state index is 12.3. The van der Waals surface area contributed by atoms with Gasteiger partial charge in [0.05, 0.1) is 6.20 Å². The molecule has 7 nitrogen and oxygen atoms in total. The molecular formula is C13H25N5O2S. The van der Waals surface area contributed by atoms with Gasteiger partial charge in [-0.2, -0.15) is 5.10 Å². The van der Waals surface area contributed by atoms with Crippen molar-refractivity contribution in [1.29, 1.82) is 0 Å². The van der Waals surface area contributed by atoms with Crippen LogP contribution in [-0.2, 0) is 16.6 Å². The van der Waals surface area contributed by atoms with Crippen molar-refractivity contribution in [3.05, 3.63) is 11.8 Å². The van der Waals surface area contributed by atoms with Crippen molar-refractivity contribution in [2.24, 2.45) is 0 Å². The summed E-state index contributed by atoms with van der Waals surface area (Å²) in [6.45, 7) is 6.58. The van der Waals surface area contributed by atoms with Crippen LogP contribution in [-0.4, -0.2) is 56.2 Å². The van der Waals surface area contributed by atoms with E-state index < -0.39 is 10.0 Å². The van der Waals surface area contributed by atoms with Crippen LogP contribution in [0.25, 0.3) is 0 Å². The molecule has 8 heteroatoms. The standard InChI is InChI=1S/C13H25N5O2S/c1-2-14-10-12-11-15-17-13(12)21(19,20)16-6-9-18-7-4-3-5-8-18/h11,14,16H,2-10H2,1H3,(H,15,17). The Morgan fingerprint density at radius 2 is 2.10 bits per heavy atom. The molecule has 0 radical (unpaired) electrons. The summed E-state index contributed by atoms with van der Waals surface area (Å²) in [4.78, 5) is 2.30. The van der Waals surface area contributed by atoms with Crippen LogP contribution >= 0.6 is 0 Å². The molecule has 0 unspecified atom stereocenters. The van der Waals surface area contributed by atoms with Crippen LogP contribution in [0, 0.1) is 0 Å². The molecule has 21 heavy (non-hydrogen) atoms. The Labute approximate surface area is 126 Å². The summed E-state index contributed by atoms with van der Waals surface area (Å²) in [5, 5.41) is 9.71. The van der Waals surface area contributed by atoms with Crippen LogP contribution < -0.4 is 10.0 Å². The van der Waals surface area contributed by atoms with E-state index in [1.54, 1.807) is 6.20 Å². The molecule has 0 aromatic carbocycles. The molecule has 2 heterocycles. The molecule has 0 bridgehead atoms. The molecule has 1 saturated heterocycles. The Bertz CT molecular complexity index is 522. The highest BCUT2D eigenvalue weighted by Crippen LogP contribution is 2.12. The number of likely N-dealkylation sites (tertiary alicyclic amines) is 1. The van der Waals surface area contributed by atoms with E-state index in [0.29, 0.717) is 18.7 Å². The van der Waals surface area contributed by atoms with Crippen molar-refractivity contribution in [2.45, 2.75) is 37.8 Å². The molecule has 1 aromatic rings. The highest BCUT2D eigenvalue weighted by molar-refractivity contribution is 7.89. The number of nitrogens with one attached hydrogen (secondary N) is 3. The fourth-order valence-corrected chi connectivity index (χ4v) is 3.66. The third-order valence-corrected chi connectivity index (χ3v) is 5.16. The third-order valence-electron chi connectivity index (χ3n) is 3.68. The molecule has 1 aromatic heterocycles. The highest BCUT2D eigenvalue weighted by Gasteiger charge is 2.20. The first-order valence-electron chi connectivity index (χ1n) is 7.58. The smallest absolute Gasteiger partial charge is 0.257 e. The molecular weight excluding hydrogens is 290 g/mol. The summed E-state index contributed by atoms with van der Waals surface area (Å²) in [5.41, 5.74) is 0.669. The van der Waals surface area contributed by atoms with Gasteiger partial charge < -0.3 is 10.2 Å². The first-order valence-corrected chi connectivity index (χ1v) is 9.07. The molecule has 0 saturated carbocycles. The largest absolute Gasteiger partial charge is 0.313 e. The van der Waals surface area contributed by atoms with Gasteiger partial charge in [0.1, 0.15) is 0 Å². The predicted molar refractivity (Wildman–Crippen MR) is 81.4 cm³/mol. The molecule has 3 N–H and O–H groups in total. The third kappa shape index (κ3) is 4.77. The average Bonchev–Trinajstić information content (AvgIpc) is 2.95. The lowest BCUT2D eigenvalue weighted by Crippen LogP contribution is -2.38. The van der Waals surface area contributed by atoms with E-state index >= 15 is 0 Å². The SMILES string of the molecule is CCNCc1cn[nH]c1S(=O)(=O)NCCN1CCCCC1. The van der Waals surface area contributed by atoms with E-state index in [2.05, 4.69) is 25.1 Å². The van der Waals surface area contributed by atoms with Crippen molar-refractivity contribution < 1.29 is 8.42 Å². The molecule has 0 spiro atoms. The van der Waals surface area contributed by atoms with Gasteiger partial charge in [-0.1, -0.05) is 13.3 Å². The number of sulfonamides is 1. The Hall–Kier alpha value is -0.960. The van der Waals surface area contributed by atoms with Crippen molar-refractivity contribution >= 4 is 10.0 Å². The number of H-pyrrole nitrogens is 1. The van der Waals surface area contributed by atoms with Gasteiger partial charge in [-0.3, -0.25) is 5.10 Å². The minimum absolute atomic E-state index is 0.169. The van der Waals surface area contributed by atoms with Gasteiger partial charge in [-0.25, -0.2) is 13.1 Å². The maximum absolute atomic E-state index is 12.3. The summed E-state index contributed by atoms with van der Waals surface area (Å²) < 4.78 is 27.2. The van der Waals surface area contributed by atoms with Crippen molar-refractivity contribution in [3.63, 3.8) is 0 Å². The Morgan fingerprint density at radius 1 is 1.33 bits per heavy atom. The summed E-state index contributed by atoms with van der Waals surface area (Å²) in [6.07, 6.45) is 5.26. The number of piperidine rings is 1. The molecule has 2 rings (SSSR count).